The number of hydrogen-bond donors (Lipinski definition) is 1. The van der Waals surface area contributed by atoms with Gasteiger partial charge in [-0.15, -0.1) is 0 Å². The molecule has 1 fully saturated rings. The molecule has 1 N–H and O–H groups in total. The molecule has 0 saturated carbocycles. The SMILES string of the molecule is COc1ccc2oc(CN3CCC[C@H](C(=O)O)[C@@H]3C)cc2c1. The van der Waals surface area contributed by atoms with Crippen molar-refractivity contribution < 1.29 is 19.1 Å². The Hall–Kier alpha value is -2.01. The normalized spacial score (nSPS) is 22.8. The van der Waals surface area contributed by atoms with Crippen molar-refractivity contribution in [2.45, 2.75) is 32.4 Å². The predicted octanol–water partition coefficient (Wildman–Crippen LogP) is 3.13. The van der Waals surface area contributed by atoms with E-state index in [1.165, 1.54) is 0 Å². The van der Waals surface area contributed by atoms with Crippen LogP contribution < -0.4 is 4.74 Å². The lowest BCUT2D eigenvalue weighted by molar-refractivity contribution is -0.145. The van der Waals surface area contributed by atoms with Gasteiger partial charge < -0.3 is 14.3 Å². The minimum absolute atomic E-state index is 0.0222. The molecule has 2 heterocycles. The van der Waals surface area contributed by atoms with Crippen LogP contribution in [0.2, 0.25) is 0 Å². The van der Waals surface area contributed by atoms with Crippen LogP contribution in [-0.4, -0.2) is 35.7 Å². The summed E-state index contributed by atoms with van der Waals surface area (Å²) in [5.41, 5.74) is 0.829. The van der Waals surface area contributed by atoms with E-state index in [1.807, 2.05) is 31.2 Å². The van der Waals surface area contributed by atoms with Crippen molar-refractivity contribution in [2.24, 2.45) is 5.92 Å². The summed E-state index contributed by atoms with van der Waals surface area (Å²) >= 11 is 0. The standard InChI is InChI=1S/C17H21NO4/c1-11-15(17(19)20)4-3-7-18(11)10-14-9-12-8-13(21-2)5-6-16(12)22-14/h5-6,8-9,11,15H,3-4,7,10H2,1-2H3,(H,19,20)/t11-,15-/m0/s1. The quantitative estimate of drug-likeness (QED) is 0.940. The molecule has 0 aliphatic carbocycles. The highest BCUT2D eigenvalue weighted by Crippen LogP contribution is 2.28. The van der Waals surface area contributed by atoms with E-state index in [0.29, 0.717) is 6.54 Å². The molecule has 0 amide bonds. The van der Waals surface area contributed by atoms with Crippen LogP contribution in [-0.2, 0) is 11.3 Å². The van der Waals surface area contributed by atoms with Gasteiger partial charge >= 0.3 is 5.97 Å². The van der Waals surface area contributed by atoms with Crippen molar-refractivity contribution in [3.63, 3.8) is 0 Å². The van der Waals surface area contributed by atoms with Gasteiger partial charge in [0, 0.05) is 11.4 Å². The van der Waals surface area contributed by atoms with E-state index in [1.54, 1.807) is 7.11 Å². The van der Waals surface area contributed by atoms with Crippen molar-refractivity contribution >= 4 is 16.9 Å². The molecule has 0 radical (unpaired) electrons. The average molecular weight is 303 g/mol. The molecule has 1 aliphatic rings. The molecular formula is C17H21NO4. The van der Waals surface area contributed by atoms with E-state index in [0.717, 1.165) is 41.9 Å². The number of nitrogens with zero attached hydrogens (tertiary/aromatic N) is 1. The Morgan fingerprint density at radius 2 is 2.27 bits per heavy atom. The van der Waals surface area contributed by atoms with E-state index >= 15 is 0 Å². The zero-order chi connectivity index (χ0) is 15.7. The zero-order valence-corrected chi connectivity index (χ0v) is 12.9. The molecule has 2 atom stereocenters. The fraction of sp³-hybridized carbons (Fsp3) is 0.471. The number of aliphatic carboxylic acids is 1. The number of carboxylic acids is 1. The summed E-state index contributed by atoms with van der Waals surface area (Å²) in [5, 5.41) is 10.3. The van der Waals surface area contributed by atoms with Crippen molar-refractivity contribution in [2.75, 3.05) is 13.7 Å². The molecule has 3 rings (SSSR count). The molecule has 0 bridgehead atoms. The lowest BCUT2D eigenvalue weighted by Gasteiger charge is -2.36. The third kappa shape index (κ3) is 2.81. The Bertz CT molecular complexity index is 678. The fourth-order valence-corrected chi connectivity index (χ4v) is 3.25. The van der Waals surface area contributed by atoms with Crippen molar-refractivity contribution in [3.05, 3.63) is 30.0 Å². The van der Waals surface area contributed by atoms with Gasteiger partial charge in [-0.3, -0.25) is 9.69 Å². The Kier molecular flexibility index (Phi) is 4.07. The van der Waals surface area contributed by atoms with Crippen LogP contribution in [0.4, 0.5) is 0 Å². The molecule has 22 heavy (non-hydrogen) atoms. The molecule has 0 unspecified atom stereocenters. The maximum Gasteiger partial charge on any atom is 0.308 e. The van der Waals surface area contributed by atoms with Crippen LogP contribution >= 0.6 is 0 Å². The second-order valence-electron chi connectivity index (χ2n) is 5.91. The number of likely N-dealkylation sites (tertiary alicyclic amines) is 1. The number of fused-ring (bicyclic) bond motifs is 1. The number of hydrogen-bond acceptors (Lipinski definition) is 4. The Balaban J connectivity index is 1.78. The van der Waals surface area contributed by atoms with Crippen LogP contribution in [0.5, 0.6) is 5.75 Å². The molecule has 1 saturated heterocycles. The van der Waals surface area contributed by atoms with Crippen molar-refractivity contribution in [1.82, 2.24) is 4.90 Å². The first-order valence-electron chi connectivity index (χ1n) is 7.62. The van der Waals surface area contributed by atoms with Crippen LogP contribution in [0, 0.1) is 5.92 Å². The van der Waals surface area contributed by atoms with Crippen LogP contribution in [0.1, 0.15) is 25.5 Å². The van der Waals surface area contributed by atoms with E-state index in [-0.39, 0.29) is 12.0 Å². The summed E-state index contributed by atoms with van der Waals surface area (Å²) in [6.45, 7) is 3.54. The predicted molar refractivity (Wildman–Crippen MR) is 83.0 cm³/mol. The Morgan fingerprint density at radius 3 is 3.00 bits per heavy atom. The minimum atomic E-state index is -0.702. The average Bonchev–Trinajstić information content (AvgIpc) is 2.90. The summed E-state index contributed by atoms with van der Waals surface area (Å²) in [4.78, 5) is 13.5. The van der Waals surface area contributed by atoms with E-state index < -0.39 is 5.97 Å². The topological polar surface area (TPSA) is 62.9 Å². The number of benzene rings is 1. The third-order valence-electron chi connectivity index (χ3n) is 4.57. The van der Waals surface area contributed by atoms with Gasteiger partial charge in [-0.25, -0.2) is 0 Å². The van der Waals surface area contributed by atoms with E-state index in [9.17, 15) is 9.90 Å². The number of rotatable bonds is 4. The van der Waals surface area contributed by atoms with Crippen LogP contribution in [0.25, 0.3) is 11.0 Å². The van der Waals surface area contributed by atoms with E-state index in [2.05, 4.69) is 4.90 Å². The lowest BCUT2D eigenvalue weighted by Crippen LogP contribution is -2.45. The summed E-state index contributed by atoms with van der Waals surface area (Å²) in [7, 11) is 1.64. The molecule has 1 aromatic carbocycles. The van der Waals surface area contributed by atoms with Gasteiger partial charge in [-0.05, 0) is 50.6 Å². The van der Waals surface area contributed by atoms with E-state index in [4.69, 9.17) is 9.15 Å². The monoisotopic (exact) mass is 303 g/mol. The smallest absolute Gasteiger partial charge is 0.308 e. The Labute approximate surface area is 129 Å². The maximum absolute atomic E-state index is 11.3. The number of carbonyl (C=O) groups is 1. The van der Waals surface area contributed by atoms with Crippen molar-refractivity contribution in [3.8, 4) is 5.75 Å². The van der Waals surface area contributed by atoms with Crippen LogP contribution in [0.3, 0.4) is 0 Å². The highest BCUT2D eigenvalue weighted by Gasteiger charge is 2.33. The first-order valence-corrected chi connectivity index (χ1v) is 7.62. The molecule has 5 nitrogen and oxygen atoms in total. The number of methoxy groups -OCH3 is 1. The minimum Gasteiger partial charge on any atom is -0.497 e. The van der Waals surface area contributed by atoms with Gasteiger partial charge in [0.2, 0.25) is 0 Å². The van der Waals surface area contributed by atoms with Gasteiger partial charge in [-0.2, -0.15) is 0 Å². The van der Waals surface area contributed by atoms with Gasteiger partial charge in [0.1, 0.15) is 17.1 Å². The third-order valence-corrected chi connectivity index (χ3v) is 4.57. The summed E-state index contributed by atoms with van der Waals surface area (Å²) in [6.07, 6.45) is 1.67. The first-order chi connectivity index (χ1) is 10.6. The highest BCUT2D eigenvalue weighted by molar-refractivity contribution is 5.79. The molecule has 0 spiro atoms. The second kappa shape index (κ2) is 6.01. The molecule has 118 valence electrons. The molecular weight excluding hydrogens is 282 g/mol. The van der Waals surface area contributed by atoms with Crippen molar-refractivity contribution in [1.29, 1.82) is 0 Å². The second-order valence-corrected chi connectivity index (χ2v) is 5.91. The van der Waals surface area contributed by atoms with Gasteiger partial charge in [0.25, 0.3) is 0 Å². The molecule has 2 aromatic rings. The molecule has 1 aromatic heterocycles. The highest BCUT2D eigenvalue weighted by atomic mass is 16.5. The molecule has 1 aliphatic heterocycles. The summed E-state index contributed by atoms with van der Waals surface area (Å²) < 4.78 is 11.1. The number of furan rings is 1. The van der Waals surface area contributed by atoms with Gasteiger partial charge in [0.05, 0.1) is 19.6 Å². The summed E-state index contributed by atoms with van der Waals surface area (Å²) in [5.74, 6) is 0.669. The number of ether oxygens (including phenoxy) is 1. The zero-order valence-electron chi connectivity index (χ0n) is 12.9. The van der Waals surface area contributed by atoms with Gasteiger partial charge in [0.15, 0.2) is 0 Å². The lowest BCUT2D eigenvalue weighted by atomic mass is 9.90. The van der Waals surface area contributed by atoms with Gasteiger partial charge in [-0.1, -0.05) is 0 Å². The molecule has 5 heteroatoms. The van der Waals surface area contributed by atoms with Crippen LogP contribution in [0.15, 0.2) is 28.7 Å². The Morgan fingerprint density at radius 1 is 1.45 bits per heavy atom. The number of piperidine rings is 1. The number of carboxylic acid groups (broad SMARTS) is 1. The summed E-state index contributed by atoms with van der Waals surface area (Å²) in [6, 6.07) is 7.75. The maximum atomic E-state index is 11.3. The fourth-order valence-electron chi connectivity index (χ4n) is 3.25. The first kappa shape index (κ1) is 14.9. The largest absolute Gasteiger partial charge is 0.497 e.